The van der Waals surface area contributed by atoms with E-state index in [0.29, 0.717) is 27.9 Å². The molecule has 6 nitrogen and oxygen atoms in total. The summed E-state index contributed by atoms with van der Waals surface area (Å²) in [5.41, 5.74) is 0.884. The molecule has 0 saturated carbocycles. The number of hydrogen-bond acceptors (Lipinski definition) is 6. The van der Waals surface area contributed by atoms with Crippen LogP contribution in [0.25, 0.3) is 0 Å². The molecule has 1 N–H and O–H groups in total. The standard InChI is InChI=1S/C16H21NO5S2/c1-11-5-6-15(23-11)24(18,19)17-8-7-12-9-13(20-2)16(22-4)14(10-12)21-3/h5-6,9-10,17H,7-8H2,1-4H3. The Bertz CT molecular complexity index is 774. The van der Waals surface area contributed by atoms with E-state index in [1.54, 1.807) is 26.4 Å². The third-order valence-electron chi connectivity index (χ3n) is 3.41. The molecule has 0 aliphatic carbocycles. The Morgan fingerprint density at radius 2 is 1.67 bits per heavy atom. The van der Waals surface area contributed by atoms with Gasteiger partial charge in [0.2, 0.25) is 15.8 Å². The molecule has 2 rings (SSSR count). The van der Waals surface area contributed by atoms with Gasteiger partial charge in [-0.05, 0) is 43.2 Å². The lowest BCUT2D eigenvalue weighted by Crippen LogP contribution is -2.25. The maximum absolute atomic E-state index is 12.2. The first kappa shape index (κ1) is 18.6. The van der Waals surface area contributed by atoms with Crippen molar-refractivity contribution in [1.82, 2.24) is 4.72 Å². The number of thiophene rings is 1. The van der Waals surface area contributed by atoms with Crippen LogP contribution in [0.2, 0.25) is 0 Å². The number of methoxy groups -OCH3 is 3. The highest BCUT2D eigenvalue weighted by atomic mass is 32.2. The van der Waals surface area contributed by atoms with Gasteiger partial charge in [0, 0.05) is 11.4 Å². The van der Waals surface area contributed by atoms with Gasteiger partial charge in [-0.25, -0.2) is 13.1 Å². The van der Waals surface area contributed by atoms with Crippen molar-refractivity contribution in [1.29, 1.82) is 0 Å². The molecule has 0 atom stereocenters. The minimum absolute atomic E-state index is 0.276. The Kier molecular flexibility index (Phi) is 6.09. The van der Waals surface area contributed by atoms with Crippen molar-refractivity contribution in [2.45, 2.75) is 17.6 Å². The van der Waals surface area contributed by atoms with Gasteiger partial charge >= 0.3 is 0 Å². The van der Waals surface area contributed by atoms with E-state index in [9.17, 15) is 8.42 Å². The summed E-state index contributed by atoms with van der Waals surface area (Å²) in [5.74, 6) is 1.60. The Morgan fingerprint density at radius 1 is 1.04 bits per heavy atom. The zero-order chi connectivity index (χ0) is 17.7. The second-order valence-electron chi connectivity index (χ2n) is 5.05. The van der Waals surface area contributed by atoms with Gasteiger partial charge < -0.3 is 14.2 Å². The molecule has 8 heteroatoms. The SMILES string of the molecule is COc1cc(CCNS(=O)(=O)c2ccc(C)s2)cc(OC)c1OC. The smallest absolute Gasteiger partial charge is 0.250 e. The first-order valence-electron chi connectivity index (χ1n) is 7.26. The number of hydrogen-bond donors (Lipinski definition) is 1. The molecule has 0 unspecified atom stereocenters. The van der Waals surface area contributed by atoms with Crippen LogP contribution in [0.4, 0.5) is 0 Å². The second kappa shape index (κ2) is 7.87. The van der Waals surface area contributed by atoms with Crippen molar-refractivity contribution in [2.75, 3.05) is 27.9 Å². The topological polar surface area (TPSA) is 73.9 Å². The fourth-order valence-electron chi connectivity index (χ4n) is 2.24. The largest absolute Gasteiger partial charge is 0.493 e. The van der Waals surface area contributed by atoms with E-state index in [4.69, 9.17) is 14.2 Å². The van der Waals surface area contributed by atoms with Crippen LogP contribution < -0.4 is 18.9 Å². The fourth-order valence-corrected chi connectivity index (χ4v) is 4.60. The van der Waals surface area contributed by atoms with E-state index in [0.717, 1.165) is 10.4 Å². The maximum Gasteiger partial charge on any atom is 0.250 e. The zero-order valence-electron chi connectivity index (χ0n) is 14.1. The molecule has 1 heterocycles. The predicted octanol–water partition coefficient (Wildman–Crippen LogP) is 2.60. The lowest BCUT2D eigenvalue weighted by Gasteiger charge is -2.14. The van der Waals surface area contributed by atoms with Gasteiger partial charge in [-0.3, -0.25) is 0 Å². The minimum atomic E-state index is -3.47. The van der Waals surface area contributed by atoms with E-state index >= 15 is 0 Å². The molecule has 1 aromatic carbocycles. The van der Waals surface area contributed by atoms with Crippen LogP contribution in [-0.2, 0) is 16.4 Å². The van der Waals surface area contributed by atoms with Gasteiger partial charge in [-0.15, -0.1) is 11.3 Å². The summed E-state index contributed by atoms with van der Waals surface area (Å²) in [6.45, 7) is 2.15. The highest BCUT2D eigenvalue weighted by Crippen LogP contribution is 2.38. The number of aryl methyl sites for hydroxylation is 1. The van der Waals surface area contributed by atoms with Crippen molar-refractivity contribution < 1.29 is 22.6 Å². The van der Waals surface area contributed by atoms with Crippen LogP contribution >= 0.6 is 11.3 Å². The lowest BCUT2D eigenvalue weighted by atomic mass is 10.1. The van der Waals surface area contributed by atoms with Gasteiger partial charge in [-0.2, -0.15) is 0 Å². The third kappa shape index (κ3) is 4.19. The molecule has 1 aromatic heterocycles. The molecule has 0 saturated heterocycles. The van der Waals surface area contributed by atoms with Gasteiger partial charge in [0.05, 0.1) is 21.3 Å². The summed E-state index contributed by atoms with van der Waals surface area (Å²) in [6.07, 6.45) is 0.500. The Labute approximate surface area is 146 Å². The van der Waals surface area contributed by atoms with Crippen molar-refractivity contribution >= 4 is 21.4 Å². The highest BCUT2D eigenvalue weighted by Gasteiger charge is 2.17. The summed E-state index contributed by atoms with van der Waals surface area (Å²) in [4.78, 5) is 0.958. The van der Waals surface area contributed by atoms with Gasteiger partial charge in [0.15, 0.2) is 11.5 Å². The lowest BCUT2D eigenvalue weighted by molar-refractivity contribution is 0.324. The average Bonchev–Trinajstić information content (AvgIpc) is 3.01. The first-order valence-corrected chi connectivity index (χ1v) is 9.56. The Balaban J connectivity index is 2.09. The molecule has 0 spiro atoms. The molecule has 132 valence electrons. The van der Waals surface area contributed by atoms with E-state index in [2.05, 4.69) is 4.72 Å². The quantitative estimate of drug-likeness (QED) is 0.772. The van der Waals surface area contributed by atoms with Crippen molar-refractivity contribution in [2.24, 2.45) is 0 Å². The molecule has 2 aromatic rings. The van der Waals surface area contributed by atoms with Crippen LogP contribution in [0.5, 0.6) is 17.2 Å². The predicted molar refractivity (Wildman–Crippen MR) is 94.0 cm³/mol. The molecular weight excluding hydrogens is 350 g/mol. The number of benzene rings is 1. The maximum atomic E-state index is 12.2. The molecule has 0 aliphatic heterocycles. The summed E-state index contributed by atoms with van der Waals surface area (Å²) in [6, 6.07) is 7.02. The third-order valence-corrected chi connectivity index (χ3v) is 6.36. The fraction of sp³-hybridized carbons (Fsp3) is 0.375. The van der Waals surface area contributed by atoms with Crippen LogP contribution in [0.15, 0.2) is 28.5 Å². The Hall–Kier alpha value is -1.77. The van der Waals surface area contributed by atoms with E-state index in [1.807, 2.05) is 19.1 Å². The number of ether oxygens (including phenoxy) is 3. The molecule has 0 bridgehead atoms. The van der Waals surface area contributed by atoms with Gasteiger partial charge in [-0.1, -0.05) is 0 Å². The second-order valence-corrected chi connectivity index (χ2v) is 8.33. The Morgan fingerprint density at radius 3 is 2.12 bits per heavy atom. The van der Waals surface area contributed by atoms with E-state index < -0.39 is 10.0 Å². The number of nitrogens with one attached hydrogen (secondary N) is 1. The number of rotatable bonds is 8. The summed E-state index contributed by atoms with van der Waals surface area (Å²) in [5, 5.41) is 0. The molecular formula is C16H21NO5S2. The molecule has 24 heavy (non-hydrogen) atoms. The zero-order valence-corrected chi connectivity index (χ0v) is 15.7. The van der Waals surface area contributed by atoms with Crippen LogP contribution in [0, 0.1) is 6.92 Å². The van der Waals surface area contributed by atoms with E-state index in [1.165, 1.54) is 18.4 Å². The minimum Gasteiger partial charge on any atom is -0.493 e. The van der Waals surface area contributed by atoms with Crippen molar-refractivity contribution in [3.8, 4) is 17.2 Å². The molecule has 0 radical (unpaired) electrons. The molecule has 0 aliphatic rings. The molecule has 0 amide bonds. The van der Waals surface area contributed by atoms with Crippen LogP contribution in [0.1, 0.15) is 10.4 Å². The van der Waals surface area contributed by atoms with Crippen LogP contribution in [0.3, 0.4) is 0 Å². The number of sulfonamides is 1. The van der Waals surface area contributed by atoms with Crippen LogP contribution in [-0.4, -0.2) is 36.3 Å². The first-order chi connectivity index (χ1) is 11.4. The normalized spacial score (nSPS) is 11.3. The van der Waals surface area contributed by atoms with Crippen molar-refractivity contribution in [3.05, 3.63) is 34.7 Å². The van der Waals surface area contributed by atoms with Gasteiger partial charge in [0.1, 0.15) is 4.21 Å². The summed E-state index contributed by atoms with van der Waals surface area (Å²) >= 11 is 1.25. The summed E-state index contributed by atoms with van der Waals surface area (Å²) < 4.78 is 43.2. The highest BCUT2D eigenvalue weighted by molar-refractivity contribution is 7.91. The average molecular weight is 371 g/mol. The summed E-state index contributed by atoms with van der Waals surface area (Å²) in [7, 11) is 1.16. The van der Waals surface area contributed by atoms with E-state index in [-0.39, 0.29) is 6.54 Å². The molecule has 0 fully saturated rings. The van der Waals surface area contributed by atoms with Gasteiger partial charge in [0.25, 0.3) is 0 Å². The van der Waals surface area contributed by atoms with Crippen molar-refractivity contribution in [3.63, 3.8) is 0 Å². The monoisotopic (exact) mass is 371 g/mol.